The van der Waals surface area contributed by atoms with Crippen LogP contribution in [0, 0.1) is 0 Å². The Morgan fingerprint density at radius 2 is 1.85 bits per heavy atom. The summed E-state index contributed by atoms with van der Waals surface area (Å²) in [4.78, 5) is 4.29. The molecule has 1 aromatic rings. The summed E-state index contributed by atoms with van der Waals surface area (Å²) in [5.74, 6) is 4.30. The van der Waals surface area contributed by atoms with Gasteiger partial charge in [0.05, 0.1) is 20.8 Å². The molecule has 1 fully saturated rings. The van der Waals surface area contributed by atoms with E-state index < -0.39 is 0 Å². The first-order valence-electron chi connectivity index (χ1n) is 9.03. The van der Waals surface area contributed by atoms with Crippen molar-refractivity contribution in [2.24, 2.45) is 4.99 Å². The van der Waals surface area contributed by atoms with Gasteiger partial charge >= 0.3 is 0 Å². The SMILES string of the molecule is CN=C(NCCCOc1cc(OC)cc(OC)c1)NCC1(C)CCCS1. The first-order valence-corrected chi connectivity index (χ1v) is 10.0. The van der Waals surface area contributed by atoms with Gasteiger partial charge in [0, 0.05) is 43.1 Å². The maximum atomic E-state index is 5.80. The molecule has 1 saturated heterocycles. The van der Waals surface area contributed by atoms with Gasteiger partial charge in [-0.2, -0.15) is 11.8 Å². The summed E-state index contributed by atoms with van der Waals surface area (Å²) < 4.78 is 16.6. The van der Waals surface area contributed by atoms with Crippen LogP contribution in [0.3, 0.4) is 0 Å². The third-order valence-electron chi connectivity index (χ3n) is 4.36. The molecule has 146 valence electrons. The fourth-order valence-electron chi connectivity index (χ4n) is 2.80. The Morgan fingerprint density at radius 1 is 1.15 bits per heavy atom. The molecule has 0 radical (unpaired) electrons. The average molecular weight is 382 g/mol. The highest BCUT2D eigenvalue weighted by Crippen LogP contribution is 2.36. The first-order chi connectivity index (χ1) is 12.6. The molecule has 0 bridgehead atoms. The highest BCUT2D eigenvalue weighted by molar-refractivity contribution is 8.00. The topological polar surface area (TPSA) is 64.1 Å². The lowest BCUT2D eigenvalue weighted by atomic mass is 10.1. The van der Waals surface area contributed by atoms with E-state index in [4.69, 9.17) is 14.2 Å². The van der Waals surface area contributed by atoms with Crippen molar-refractivity contribution in [1.29, 1.82) is 0 Å². The van der Waals surface area contributed by atoms with E-state index in [2.05, 4.69) is 22.5 Å². The van der Waals surface area contributed by atoms with Gasteiger partial charge in [-0.25, -0.2) is 0 Å². The number of hydrogen-bond donors (Lipinski definition) is 2. The lowest BCUT2D eigenvalue weighted by Gasteiger charge is -2.24. The number of benzene rings is 1. The van der Waals surface area contributed by atoms with Gasteiger partial charge in [0.2, 0.25) is 0 Å². The molecule has 1 aliphatic heterocycles. The maximum Gasteiger partial charge on any atom is 0.191 e. The van der Waals surface area contributed by atoms with E-state index in [-0.39, 0.29) is 0 Å². The van der Waals surface area contributed by atoms with Crippen LogP contribution in [0.1, 0.15) is 26.2 Å². The number of nitrogens with one attached hydrogen (secondary N) is 2. The molecule has 1 atom stereocenters. The zero-order chi connectivity index (χ0) is 18.8. The fraction of sp³-hybridized carbons (Fsp3) is 0.632. The predicted octanol–water partition coefficient (Wildman–Crippen LogP) is 2.92. The van der Waals surface area contributed by atoms with Crippen LogP contribution >= 0.6 is 11.8 Å². The third-order valence-corrected chi connectivity index (χ3v) is 5.90. The van der Waals surface area contributed by atoms with Crippen molar-refractivity contribution in [1.82, 2.24) is 10.6 Å². The van der Waals surface area contributed by atoms with E-state index >= 15 is 0 Å². The second-order valence-electron chi connectivity index (χ2n) is 6.50. The van der Waals surface area contributed by atoms with Gasteiger partial charge in [-0.15, -0.1) is 0 Å². The second kappa shape index (κ2) is 10.4. The molecule has 0 aromatic heterocycles. The van der Waals surface area contributed by atoms with Crippen molar-refractivity contribution in [3.05, 3.63) is 18.2 Å². The highest BCUT2D eigenvalue weighted by atomic mass is 32.2. The molecule has 1 unspecified atom stereocenters. The van der Waals surface area contributed by atoms with Crippen LogP contribution in [0.2, 0.25) is 0 Å². The summed E-state index contributed by atoms with van der Waals surface area (Å²) in [6.45, 7) is 4.66. The van der Waals surface area contributed by atoms with Crippen molar-refractivity contribution in [3.8, 4) is 17.2 Å². The summed E-state index contributed by atoms with van der Waals surface area (Å²) >= 11 is 2.05. The molecule has 7 heteroatoms. The van der Waals surface area contributed by atoms with Gasteiger partial charge in [-0.3, -0.25) is 4.99 Å². The zero-order valence-electron chi connectivity index (χ0n) is 16.3. The molecule has 0 spiro atoms. The van der Waals surface area contributed by atoms with E-state index in [0.717, 1.165) is 42.7 Å². The number of ether oxygens (including phenoxy) is 3. The number of rotatable bonds is 9. The van der Waals surface area contributed by atoms with Crippen molar-refractivity contribution in [2.75, 3.05) is 46.7 Å². The lowest BCUT2D eigenvalue weighted by Crippen LogP contribution is -2.44. The molecule has 2 N–H and O–H groups in total. The van der Waals surface area contributed by atoms with Gasteiger partial charge < -0.3 is 24.8 Å². The Kier molecular flexibility index (Phi) is 8.22. The predicted molar refractivity (Wildman–Crippen MR) is 109 cm³/mol. The van der Waals surface area contributed by atoms with Gasteiger partial charge in [0.1, 0.15) is 17.2 Å². The molecule has 0 amide bonds. The Balaban J connectivity index is 1.67. The molecule has 6 nitrogen and oxygen atoms in total. The van der Waals surface area contributed by atoms with E-state index in [1.165, 1.54) is 18.6 Å². The molecule has 0 aliphatic carbocycles. The lowest BCUT2D eigenvalue weighted by molar-refractivity contribution is 0.305. The van der Waals surface area contributed by atoms with Crippen LogP contribution in [-0.4, -0.2) is 57.4 Å². The smallest absolute Gasteiger partial charge is 0.191 e. The molecule has 1 aromatic carbocycles. The van der Waals surface area contributed by atoms with Gasteiger partial charge in [0.25, 0.3) is 0 Å². The Bertz CT molecular complexity index is 567. The van der Waals surface area contributed by atoms with Crippen LogP contribution in [-0.2, 0) is 0 Å². The largest absolute Gasteiger partial charge is 0.496 e. The molecular weight excluding hydrogens is 350 g/mol. The zero-order valence-corrected chi connectivity index (χ0v) is 17.1. The number of aliphatic imine (C=N–C) groups is 1. The van der Waals surface area contributed by atoms with Crippen LogP contribution < -0.4 is 24.8 Å². The van der Waals surface area contributed by atoms with Crippen LogP contribution in [0.5, 0.6) is 17.2 Å². The Hall–Kier alpha value is -1.76. The molecule has 0 saturated carbocycles. The second-order valence-corrected chi connectivity index (χ2v) is 8.19. The molecular formula is C19H31N3O3S. The monoisotopic (exact) mass is 381 g/mol. The van der Waals surface area contributed by atoms with Gasteiger partial charge in [0.15, 0.2) is 5.96 Å². The van der Waals surface area contributed by atoms with Gasteiger partial charge in [-0.05, 0) is 31.9 Å². The number of methoxy groups -OCH3 is 2. The fourth-order valence-corrected chi connectivity index (χ4v) is 4.05. The minimum Gasteiger partial charge on any atom is -0.496 e. The summed E-state index contributed by atoms with van der Waals surface area (Å²) in [5.41, 5.74) is 0. The molecule has 26 heavy (non-hydrogen) atoms. The Labute approximate surface area is 161 Å². The normalized spacial score (nSPS) is 19.9. The summed E-state index contributed by atoms with van der Waals surface area (Å²) in [5, 5.41) is 6.78. The standard InChI is InChI=1S/C19H31N3O3S/c1-19(7-5-10-26-19)14-22-18(20-2)21-8-6-9-25-17-12-15(23-3)11-16(13-17)24-4/h11-13H,5-10,14H2,1-4H3,(H2,20,21,22). The number of nitrogens with zero attached hydrogens (tertiary/aromatic N) is 1. The summed E-state index contributed by atoms with van der Waals surface area (Å²) in [6.07, 6.45) is 3.44. The number of hydrogen-bond acceptors (Lipinski definition) is 5. The van der Waals surface area contributed by atoms with E-state index in [1.54, 1.807) is 21.3 Å². The minimum absolute atomic E-state index is 0.326. The first kappa shape index (κ1) is 20.6. The van der Waals surface area contributed by atoms with Crippen molar-refractivity contribution < 1.29 is 14.2 Å². The van der Waals surface area contributed by atoms with Crippen LogP contribution in [0.4, 0.5) is 0 Å². The van der Waals surface area contributed by atoms with Crippen molar-refractivity contribution in [3.63, 3.8) is 0 Å². The van der Waals surface area contributed by atoms with E-state index in [9.17, 15) is 0 Å². The summed E-state index contributed by atoms with van der Waals surface area (Å²) in [6, 6.07) is 5.54. The quantitative estimate of drug-likeness (QED) is 0.390. The number of thioether (sulfide) groups is 1. The Morgan fingerprint density at radius 3 is 2.42 bits per heavy atom. The van der Waals surface area contributed by atoms with E-state index in [0.29, 0.717) is 11.4 Å². The highest BCUT2D eigenvalue weighted by Gasteiger charge is 2.29. The maximum absolute atomic E-state index is 5.80. The third kappa shape index (κ3) is 6.52. The average Bonchev–Trinajstić information content (AvgIpc) is 3.10. The van der Waals surface area contributed by atoms with Crippen LogP contribution in [0.25, 0.3) is 0 Å². The van der Waals surface area contributed by atoms with Gasteiger partial charge in [-0.1, -0.05) is 0 Å². The molecule has 1 aliphatic rings. The molecule has 2 rings (SSSR count). The number of guanidine groups is 1. The van der Waals surface area contributed by atoms with Crippen LogP contribution in [0.15, 0.2) is 23.2 Å². The summed E-state index contributed by atoms with van der Waals surface area (Å²) in [7, 11) is 5.07. The minimum atomic E-state index is 0.326. The molecule has 1 heterocycles. The van der Waals surface area contributed by atoms with Crippen molar-refractivity contribution >= 4 is 17.7 Å². The van der Waals surface area contributed by atoms with Crippen molar-refractivity contribution in [2.45, 2.75) is 30.9 Å². The van der Waals surface area contributed by atoms with E-state index in [1.807, 2.05) is 30.0 Å².